The highest BCUT2D eigenvalue weighted by Crippen LogP contribution is 2.32. The molecule has 0 saturated heterocycles. The first kappa shape index (κ1) is 23.6. The Bertz CT molecular complexity index is 1020. The van der Waals surface area contributed by atoms with E-state index in [9.17, 15) is 9.18 Å². The number of ether oxygens (including phenoxy) is 1. The molecule has 0 spiro atoms. The number of unbranched alkanes of at least 4 members (excludes halogenated alkanes) is 1. The maximum absolute atomic E-state index is 14.5. The highest BCUT2D eigenvalue weighted by Gasteiger charge is 2.27. The van der Waals surface area contributed by atoms with E-state index in [0.717, 1.165) is 55.6 Å². The summed E-state index contributed by atoms with van der Waals surface area (Å²) < 4.78 is 20.0. The molecule has 3 heteroatoms. The van der Waals surface area contributed by atoms with Crippen LogP contribution < -0.4 is 4.74 Å². The molecule has 3 rings (SSSR count). The summed E-state index contributed by atoms with van der Waals surface area (Å²) in [5.74, 6) is 12.2. The number of carbonyl (C=O) groups is 1. The van der Waals surface area contributed by atoms with Gasteiger partial charge in [-0.2, -0.15) is 0 Å². The van der Waals surface area contributed by atoms with Crippen molar-refractivity contribution in [2.45, 2.75) is 65.2 Å². The Balaban J connectivity index is 1.58. The normalized spacial score (nSPS) is 17.5. The van der Waals surface area contributed by atoms with Crippen LogP contribution in [0.25, 0.3) is 0 Å². The molecule has 0 unspecified atom stereocenters. The number of halogens is 1. The fourth-order valence-electron chi connectivity index (χ4n) is 4.02. The van der Waals surface area contributed by atoms with E-state index in [-0.39, 0.29) is 23.2 Å². The van der Waals surface area contributed by atoms with Crippen LogP contribution >= 0.6 is 0 Å². The van der Waals surface area contributed by atoms with E-state index in [1.165, 1.54) is 18.9 Å². The first-order valence-corrected chi connectivity index (χ1v) is 11.7. The first-order valence-electron chi connectivity index (χ1n) is 11.7. The van der Waals surface area contributed by atoms with Crippen molar-refractivity contribution in [3.8, 4) is 29.4 Å². The molecule has 2 nitrogen and oxygen atoms in total. The smallest absolute Gasteiger partial charge is 0.314 e. The lowest BCUT2D eigenvalue weighted by Crippen LogP contribution is -2.25. The summed E-state index contributed by atoms with van der Waals surface area (Å²) in [4.78, 5) is 12.5. The number of esters is 1. The summed E-state index contributed by atoms with van der Waals surface area (Å²) in [6, 6.07) is 12.0. The van der Waals surface area contributed by atoms with Crippen molar-refractivity contribution in [1.29, 1.82) is 0 Å². The van der Waals surface area contributed by atoms with E-state index >= 15 is 0 Å². The van der Waals surface area contributed by atoms with Gasteiger partial charge < -0.3 is 4.74 Å². The third kappa shape index (κ3) is 7.00. The molecule has 32 heavy (non-hydrogen) atoms. The Labute approximate surface area is 191 Å². The summed E-state index contributed by atoms with van der Waals surface area (Å²) in [7, 11) is 0. The third-order valence-electron chi connectivity index (χ3n) is 5.87. The van der Waals surface area contributed by atoms with Gasteiger partial charge in [-0.05, 0) is 74.4 Å². The summed E-state index contributed by atoms with van der Waals surface area (Å²) in [5, 5.41) is 0. The minimum atomic E-state index is -0.489. The van der Waals surface area contributed by atoms with Crippen molar-refractivity contribution in [3.63, 3.8) is 0 Å². The zero-order valence-corrected chi connectivity index (χ0v) is 19.0. The quantitative estimate of drug-likeness (QED) is 0.293. The third-order valence-corrected chi connectivity index (χ3v) is 5.87. The summed E-state index contributed by atoms with van der Waals surface area (Å²) >= 11 is 0. The first-order chi connectivity index (χ1) is 15.6. The molecular formula is C29H31FO2. The topological polar surface area (TPSA) is 26.3 Å². The average Bonchev–Trinajstić information content (AvgIpc) is 2.80. The van der Waals surface area contributed by atoms with Gasteiger partial charge in [0.15, 0.2) is 0 Å². The van der Waals surface area contributed by atoms with Crippen molar-refractivity contribution >= 4 is 5.97 Å². The average molecular weight is 431 g/mol. The minimum Gasteiger partial charge on any atom is -0.426 e. The Kier molecular flexibility index (Phi) is 8.94. The second-order valence-electron chi connectivity index (χ2n) is 8.45. The molecule has 0 atom stereocenters. The van der Waals surface area contributed by atoms with Crippen LogP contribution in [0, 0.1) is 41.3 Å². The van der Waals surface area contributed by atoms with Crippen LogP contribution in [0.1, 0.15) is 81.9 Å². The second kappa shape index (κ2) is 12.1. The lowest BCUT2D eigenvalue weighted by Gasteiger charge is -2.26. The van der Waals surface area contributed by atoms with Crippen molar-refractivity contribution in [2.24, 2.45) is 11.8 Å². The van der Waals surface area contributed by atoms with Crippen molar-refractivity contribution < 1.29 is 13.9 Å². The molecule has 0 heterocycles. The maximum atomic E-state index is 14.5. The fraction of sp³-hybridized carbons (Fsp3) is 0.414. The van der Waals surface area contributed by atoms with Crippen LogP contribution in [0.4, 0.5) is 4.39 Å². The Morgan fingerprint density at radius 3 is 2.25 bits per heavy atom. The van der Waals surface area contributed by atoms with E-state index in [0.29, 0.717) is 0 Å². The van der Waals surface area contributed by atoms with Crippen molar-refractivity contribution in [3.05, 3.63) is 65.0 Å². The molecule has 0 amide bonds. The predicted octanol–water partition coefficient (Wildman–Crippen LogP) is 6.89. The van der Waals surface area contributed by atoms with Crippen LogP contribution in [0.2, 0.25) is 0 Å². The fourth-order valence-corrected chi connectivity index (χ4v) is 4.02. The van der Waals surface area contributed by atoms with E-state index in [4.69, 9.17) is 4.74 Å². The molecule has 2 aromatic rings. The lowest BCUT2D eigenvalue weighted by molar-refractivity contribution is -0.140. The molecule has 0 bridgehead atoms. The number of rotatable bonds is 5. The number of carbonyl (C=O) groups excluding carboxylic acids is 1. The Hall–Kier alpha value is -3.04. The van der Waals surface area contributed by atoms with Gasteiger partial charge in [0.05, 0.1) is 11.5 Å². The van der Waals surface area contributed by atoms with Gasteiger partial charge in [-0.1, -0.05) is 50.4 Å². The van der Waals surface area contributed by atoms with E-state index < -0.39 is 5.82 Å². The zero-order chi connectivity index (χ0) is 22.8. The summed E-state index contributed by atoms with van der Waals surface area (Å²) in [6.07, 6.45) is 8.20. The monoisotopic (exact) mass is 430 g/mol. The van der Waals surface area contributed by atoms with Gasteiger partial charge in [0, 0.05) is 23.6 Å². The van der Waals surface area contributed by atoms with Gasteiger partial charge >= 0.3 is 5.97 Å². The van der Waals surface area contributed by atoms with Crippen LogP contribution in [0.3, 0.4) is 0 Å². The van der Waals surface area contributed by atoms with Gasteiger partial charge in [0.25, 0.3) is 0 Å². The maximum Gasteiger partial charge on any atom is 0.314 e. The molecule has 1 fully saturated rings. The van der Waals surface area contributed by atoms with Crippen LogP contribution in [0.5, 0.6) is 5.75 Å². The number of benzene rings is 2. The van der Waals surface area contributed by atoms with E-state index in [2.05, 4.69) is 37.5 Å². The van der Waals surface area contributed by atoms with Crippen molar-refractivity contribution in [2.75, 3.05) is 0 Å². The lowest BCUT2D eigenvalue weighted by atomic mass is 9.80. The number of hydrogen-bond donors (Lipinski definition) is 0. The van der Waals surface area contributed by atoms with Gasteiger partial charge in [-0.3, -0.25) is 4.79 Å². The Morgan fingerprint density at radius 2 is 1.62 bits per heavy atom. The van der Waals surface area contributed by atoms with E-state index in [1.54, 1.807) is 12.1 Å². The van der Waals surface area contributed by atoms with Gasteiger partial charge in [0.1, 0.15) is 11.6 Å². The number of hydrogen-bond acceptors (Lipinski definition) is 2. The van der Waals surface area contributed by atoms with E-state index in [1.807, 2.05) is 24.3 Å². The van der Waals surface area contributed by atoms with Crippen LogP contribution in [0.15, 0.2) is 42.5 Å². The van der Waals surface area contributed by atoms with Gasteiger partial charge in [0.2, 0.25) is 0 Å². The summed E-state index contributed by atoms with van der Waals surface area (Å²) in [5.41, 5.74) is 2.01. The van der Waals surface area contributed by atoms with Crippen LogP contribution in [-0.2, 0) is 4.79 Å². The minimum absolute atomic E-state index is 0.0831. The van der Waals surface area contributed by atoms with Gasteiger partial charge in [-0.15, -0.1) is 0 Å². The molecule has 1 saturated carbocycles. The summed E-state index contributed by atoms with van der Waals surface area (Å²) in [6.45, 7) is 4.30. The zero-order valence-electron chi connectivity index (χ0n) is 19.0. The van der Waals surface area contributed by atoms with Gasteiger partial charge in [-0.25, -0.2) is 4.39 Å². The van der Waals surface area contributed by atoms with Crippen LogP contribution in [-0.4, -0.2) is 5.97 Å². The molecule has 0 aromatic heterocycles. The Morgan fingerprint density at radius 1 is 0.938 bits per heavy atom. The molecule has 0 radical (unpaired) electrons. The molecule has 0 aliphatic heterocycles. The van der Waals surface area contributed by atoms with Crippen molar-refractivity contribution in [1.82, 2.24) is 0 Å². The molecule has 166 valence electrons. The standard InChI is InChI=1S/C29H31FO2/c1-3-5-6-8-23-9-11-24(12-10-23)13-16-25-19-20-27(21-28(25)30)32-29(31)26-17-14-22(7-4-2)15-18-26/h9-12,19-22,26H,3-5,7,14-15,17-18H2,1-2H3/t22-,26-. The molecular weight excluding hydrogens is 399 g/mol. The largest absolute Gasteiger partial charge is 0.426 e. The highest BCUT2D eigenvalue weighted by molar-refractivity contribution is 5.75. The molecule has 2 aromatic carbocycles. The SMILES string of the molecule is CCCC#Cc1ccc(C#Cc2ccc(OC(=O)[C@H]3CC[C@H](CCC)CC3)cc2F)cc1. The molecule has 1 aliphatic carbocycles. The predicted molar refractivity (Wildman–Crippen MR) is 127 cm³/mol. The second-order valence-corrected chi connectivity index (χ2v) is 8.45. The highest BCUT2D eigenvalue weighted by atomic mass is 19.1. The molecule has 0 N–H and O–H groups in total. The molecule has 1 aliphatic rings.